The molecule has 212 valence electrons. The zero-order chi connectivity index (χ0) is 28.2. The first-order valence-electron chi connectivity index (χ1n) is 13.2. The fraction of sp³-hybridized carbons (Fsp3) is 0.500. The summed E-state index contributed by atoms with van der Waals surface area (Å²) >= 11 is 0. The van der Waals surface area contributed by atoms with Crippen LogP contribution in [-0.4, -0.2) is 86.4 Å². The van der Waals surface area contributed by atoms with E-state index in [1.54, 1.807) is 36.9 Å². The summed E-state index contributed by atoms with van der Waals surface area (Å²) in [4.78, 5) is 19.1. The molecule has 0 amide bonds. The van der Waals surface area contributed by atoms with Crippen molar-refractivity contribution >= 4 is 29.9 Å². The Balaban J connectivity index is 1.75. The molecule has 1 aliphatic rings. The number of pyridine rings is 2. The number of nitrogens with one attached hydrogen (secondary N) is 1. The number of methoxy groups -OCH3 is 1. The van der Waals surface area contributed by atoms with Gasteiger partial charge in [-0.25, -0.2) is 18.4 Å². The van der Waals surface area contributed by atoms with Crippen molar-refractivity contribution in [2.75, 3.05) is 56.3 Å². The Morgan fingerprint density at radius 1 is 1.15 bits per heavy atom. The van der Waals surface area contributed by atoms with Crippen LogP contribution in [0.15, 0.2) is 36.8 Å². The average molecular weight is 574 g/mol. The molecule has 3 aromatic heterocycles. The number of rotatable bonds is 11. The number of hydrogen-bond donors (Lipinski definition) is 2. The number of piperazine rings is 1. The van der Waals surface area contributed by atoms with Crippen molar-refractivity contribution in [2.24, 2.45) is 0 Å². The molecule has 1 aliphatic heterocycles. The van der Waals surface area contributed by atoms with Crippen LogP contribution >= 0.6 is 0 Å². The Morgan fingerprint density at radius 2 is 1.85 bits per heavy atom. The van der Waals surface area contributed by atoms with Crippen molar-refractivity contribution in [3.05, 3.63) is 48.0 Å². The first-order chi connectivity index (χ1) is 18.5. The average Bonchev–Trinajstić information content (AvgIpc) is 3.36. The normalized spacial score (nSPS) is 15.9. The van der Waals surface area contributed by atoms with Crippen molar-refractivity contribution in [1.29, 1.82) is 0 Å². The predicted octanol–water partition coefficient (Wildman–Crippen LogP) is 3.37. The Hall–Kier alpha value is -3.00. The summed E-state index contributed by atoms with van der Waals surface area (Å²) in [5.74, 6) is 1.50. The predicted molar refractivity (Wildman–Crippen MR) is 156 cm³/mol. The van der Waals surface area contributed by atoms with E-state index in [0.29, 0.717) is 56.0 Å². The van der Waals surface area contributed by atoms with Gasteiger partial charge in [-0.3, -0.25) is 4.98 Å². The fourth-order valence-electron chi connectivity index (χ4n) is 4.41. The van der Waals surface area contributed by atoms with Crippen LogP contribution < -0.4 is 15.4 Å². The number of nitrogen functional groups attached to an aromatic ring is 1. The lowest BCUT2D eigenvalue weighted by Crippen LogP contribution is -2.49. The lowest BCUT2D eigenvalue weighted by molar-refractivity contribution is 0.0884. The molecule has 0 radical (unpaired) electrons. The van der Waals surface area contributed by atoms with E-state index in [0.717, 1.165) is 22.9 Å². The molecule has 0 aliphatic carbocycles. The van der Waals surface area contributed by atoms with E-state index in [2.05, 4.69) is 39.5 Å². The quantitative estimate of drug-likeness (QED) is 0.330. The molecule has 0 spiro atoms. The second-order valence-electron chi connectivity index (χ2n) is 10.8. The van der Waals surface area contributed by atoms with Gasteiger partial charge in [-0.1, -0.05) is 19.6 Å². The molecule has 3 N–H and O–H groups in total. The Kier molecular flexibility index (Phi) is 8.94. The number of imidazole rings is 1. The van der Waals surface area contributed by atoms with E-state index in [1.807, 2.05) is 18.2 Å². The SMILES string of the molecule is CCS(=O)(=O)N1CCN(c2nc(-c3cnc(N)c(OC)c3)c(C(OCC[Si](C)(C)C)c3ccncc3)[nH]2)CC1. The van der Waals surface area contributed by atoms with Gasteiger partial charge in [-0.05, 0) is 36.7 Å². The van der Waals surface area contributed by atoms with Gasteiger partial charge in [0.2, 0.25) is 16.0 Å². The largest absolute Gasteiger partial charge is 0.493 e. The standard InChI is InChI=1S/C26H39N7O4SSi/c1-6-38(34,35)33-13-11-32(12-14-33)26-30-22(20-17-21(36-2)25(27)29-18-20)23(31-26)24(19-7-9-28-10-8-19)37-15-16-39(3,4)5/h7-10,17-18,24H,6,11-16H2,1-5H3,(H2,27,29)(H,30,31). The summed E-state index contributed by atoms with van der Waals surface area (Å²) < 4.78 is 38.3. The highest BCUT2D eigenvalue weighted by Crippen LogP contribution is 2.36. The third-order valence-electron chi connectivity index (χ3n) is 6.80. The molecule has 4 heterocycles. The molecule has 1 saturated heterocycles. The number of hydrogen-bond acceptors (Lipinski definition) is 9. The Labute approximate surface area is 231 Å². The maximum absolute atomic E-state index is 12.4. The molecular weight excluding hydrogens is 534 g/mol. The zero-order valence-electron chi connectivity index (χ0n) is 23.3. The van der Waals surface area contributed by atoms with Crippen LogP contribution in [-0.2, 0) is 14.8 Å². The first kappa shape index (κ1) is 29.0. The van der Waals surface area contributed by atoms with Gasteiger partial charge < -0.3 is 25.1 Å². The summed E-state index contributed by atoms with van der Waals surface area (Å²) in [7, 11) is -3.02. The van der Waals surface area contributed by atoms with Crippen LogP contribution in [0.2, 0.25) is 25.7 Å². The van der Waals surface area contributed by atoms with Crippen molar-refractivity contribution in [3.63, 3.8) is 0 Å². The number of nitrogens with zero attached hydrogens (tertiary/aromatic N) is 5. The zero-order valence-corrected chi connectivity index (χ0v) is 25.2. The van der Waals surface area contributed by atoms with Gasteiger partial charge in [0.05, 0.1) is 24.3 Å². The van der Waals surface area contributed by atoms with E-state index >= 15 is 0 Å². The minimum atomic E-state index is -3.24. The Bertz CT molecular complexity index is 1350. The molecule has 0 aromatic carbocycles. The molecule has 0 bridgehead atoms. The van der Waals surface area contributed by atoms with Crippen molar-refractivity contribution in [3.8, 4) is 17.0 Å². The molecule has 1 atom stereocenters. The van der Waals surface area contributed by atoms with E-state index in [9.17, 15) is 8.42 Å². The Morgan fingerprint density at radius 3 is 2.46 bits per heavy atom. The number of aromatic amines is 1. The van der Waals surface area contributed by atoms with Crippen LogP contribution in [0.1, 0.15) is 24.3 Å². The maximum atomic E-state index is 12.4. The van der Waals surface area contributed by atoms with Gasteiger partial charge in [0.1, 0.15) is 6.10 Å². The van der Waals surface area contributed by atoms with Crippen molar-refractivity contribution in [1.82, 2.24) is 24.2 Å². The summed E-state index contributed by atoms with van der Waals surface area (Å²) in [5.41, 5.74) is 9.14. The fourth-order valence-corrected chi connectivity index (χ4v) is 6.22. The number of ether oxygens (including phenoxy) is 2. The number of aromatic nitrogens is 4. The van der Waals surface area contributed by atoms with Crippen molar-refractivity contribution < 1.29 is 17.9 Å². The van der Waals surface area contributed by atoms with Gasteiger partial charge in [0.15, 0.2) is 11.6 Å². The third kappa shape index (κ3) is 6.96. The molecule has 39 heavy (non-hydrogen) atoms. The summed E-state index contributed by atoms with van der Waals surface area (Å²) in [6.07, 6.45) is 4.76. The summed E-state index contributed by atoms with van der Waals surface area (Å²) in [6, 6.07) is 6.72. The molecule has 1 fully saturated rings. The van der Waals surface area contributed by atoms with Gasteiger partial charge in [0, 0.05) is 65.0 Å². The molecule has 11 nitrogen and oxygen atoms in total. The molecule has 4 rings (SSSR count). The monoisotopic (exact) mass is 573 g/mol. The van der Waals surface area contributed by atoms with E-state index in [4.69, 9.17) is 20.2 Å². The lowest BCUT2D eigenvalue weighted by Gasteiger charge is -2.33. The molecule has 3 aromatic rings. The smallest absolute Gasteiger partial charge is 0.213 e. The molecule has 1 unspecified atom stereocenters. The third-order valence-corrected chi connectivity index (χ3v) is 10.4. The molecular formula is C26H39N7O4SSi. The van der Waals surface area contributed by atoms with Gasteiger partial charge in [0.25, 0.3) is 0 Å². The van der Waals surface area contributed by atoms with Gasteiger partial charge in [-0.2, -0.15) is 4.31 Å². The van der Waals surface area contributed by atoms with Crippen LogP contribution in [0.4, 0.5) is 11.8 Å². The van der Waals surface area contributed by atoms with E-state index < -0.39 is 24.2 Å². The second-order valence-corrected chi connectivity index (χ2v) is 18.6. The van der Waals surface area contributed by atoms with Gasteiger partial charge >= 0.3 is 0 Å². The highest BCUT2D eigenvalue weighted by atomic mass is 32.2. The van der Waals surface area contributed by atoms with E-state index in [1.165, 1.54) is 0 Å². The van der Waals surface area contributed by atoms with Crippen LogP contribution in [0, 0.1) is 0 Å². The maximum Gasteiger partial charge on any atom is 0.213 e. The molecule has 13 heteroatoms. The highest BCUT2D eigenvalue weighted by molar-refractivity contribution is 7.89. The first-order valence-corrected chi connectivity index (χ1v) is 18.5. The van der Waals surface area contributed by atoms with Crippen LogP contribution in [0.3, 0.4) is 0 Å². The lowest BCUT2D eigenvalue weighted by atomic mass is 10.0. The number of nitrogens with two attached hydrogens (primary N) is 1. The minimum Gasteiger partial charge on any atom is -0.493 e. The summed E-state index contributed by atoms with van der Waals surface area (Å²) in [6.45, 7) is 11.1. The second kappa shape index (κ2) is 12.0. The van der Waals surface area contributed by atoms with Gasteiger partial charge in [-0.15, -0.1) is 0 Å². The van der Waals surface area contributed by atoms with Crippen LogP contribution in [0.5, 0.6) is 5.75 Å². The number of H-pyrrole nitrogens is 1. The van der Waals surface area contributed by atoms with Crippen molar-refractivity contribution in [2.45, 2.75) is 38.7 Å². The number of anilines is 2. The molecule has 0 saturated carbocycles. The number of sulfonamides is 1. The minimum absolute atomic E-state index is 0.0936. The highest BCUT2D eigenvalue weighted by Gasteiger charge is 2.30. The topological polar surface area (TPSA) is 140 Å². The van der Waals surface area contributed by atoms with E-state index in [-0.39, 0.29) is 5.75 Å². The summed E-state index contributed by atoms with van der Waals surface area (Å²) in [5, 5.41) is 0. The van der Waals surface area contributed by atoms with Crippen LogP contribution in [0.25, 0.3) is 11.3 Å².